The van der Waals surface area contributed by atoms with E-state index in [0.717, 1.165) is 17.3 Å². The van der Waals surface area contributed by atoms with Crippen LogP contribution in [0.25, 0.3) is 0 Å². The lowest BCUT2D eigenvalue weighted by atomic mass is 10.2. The molecule has 6 heteroatoms. The second kappa shape index (κ2) is 5.81. The average Bonchev–Trinajstić information content (AvgIpc) is 2.44. The molecule has 2 aromatic rings. The minimum atomic E-state index is -4.48. The van der Waals surface area contributed by atoms with Gasteiger partial charge in [0.05, 0.1) is 0 Å². The first-order valence-corrected chi connectivity index (χ1v) is 5.93. The number of nitrogens with one attached hydrogen (secondary N) is 1. The molecule has 1 N–H and O–H groups in total. The van der Waals surface area contributed by atoms with Crippen LogP contribution in [0.1, 0.15) is 11.1 Å². The minimum absolute atomic E-state index is 0.0110. The van der Waals surface area contributed by atoms with Crippen LogP contribution in [0.15, 0.2) is 42.6 Å². The molecule has 0 bridgehead atoms. The first-order chi connectivity index (χ1) is 9.52. The van der Waals surface area contributed by atoms with E-state index in [2.05, 4.69) is 10.3 Å². The molecule has 0 saturated carbocycles. The topological polar surface area (TPSA) is 34.1 Å². The van der Waals surface area contributed by atoms with Crippen LogP contribution in [0.2, 0.25) is 0 Å². The van der Waals surface area contributed by atoms with Gasteiger partial charge in [-0.25, -0.2) is 4.98 Å². The van der Waals surface area contributed by atoms with Crippen molar-refractivity contribution >= 4 is 5.69 Å². The smallest absolute Gasteiger partial charge is 0.421 e. The van der Waals surface area contributed by atoms with E-state index in [1.807, 2.05) is 12.1 Å². The zero-order valence-electron chi connectivity index (χ0n) is 10.7. The van der Waals surface area contributed by atoms with Gasteiger partial charge in [0.25, 0.3) is 0 Å². The lowest BCUT2D eigenvalue weighted by Gasteiger charge is -2.14. The van der Waals surface area contributed by atoms with E-state index in [0.29, 0.717) is 0 Å². The van der Waals surface area contributed by atoms with Crippen LogP contribution in [0, 0.1) is 0 Å². The molecular formula is C14H13F3N2O. The van der Waals surface area contributed by atoms with Crippen molar-refractivity contribution in [3.05, 3.63) is 53.7 Å². The number of alkyl halides is 3. The summed E-state index contributed by atoms with van der Waals surface area (Å²) in [5.41, 5.74) is 0.688. The number of ether oxygens (including phenoxy) is 1. The Balaban J connectivity index is 2.20. The molecule has 0 aliphatic heterocycles. The third-order valence-electron chi connectivity index (χ3n) is 2.73. The third kappa shape index (κ3) is 3.20. The van der Waals surface area contributed by atoms with Crippen molar-refractivity contribution in [3.8, 4) is 5.88 Å². The van der Waals surface area contributed by atoms with Gasteiger partial charge in [-0.3, -0.25) is 0 Å². The molecule has 0 amide bonds. The molecule has 0 aliphatic carbocycles. The summed E-state index contributed by atoms with van der Waals surface area (Å²) in [6, 6.07) is 9.41. The summed E-state index contributed by atoms with van der Waals surface area (Å²) in [6.07, 6.45) is -3.21. The number of aromatic nitrogens is 1. The minimum Gasteiger partial charge on any atom is -0.472 e. The predicted octanol–water partition coefficient (Wildman–Crippen LogP) is 3.72. The first kappa shape index (κ1) is 14.2. The van der Waals surface area contributed by atoms with E-state index in [1.165, 1.54) is 12.3 Å². The summed E-state index contributed by atoms with van der Waals surface area (Å²) in [7, 11) is 1.74. The van der Waals surface area contributed by atoms with Crippen molar-refractivity contribution < 1.29 is 17.9 Å². The molecule has 0 unspecified atom stereocenters. The number of pyridine rings is 1. The molecule has 2 rings (SSSR count). The van der Waals surface area contributed by atoms with Gasteiger partial charge in [-0.05, 0) is 18.2 Å². The molecule has 1 heterocycles. The highest BCUT2D eigenvalue weighted by Gasteiger charge is 2.35. The molecule has 20 heavy (non-hydrogen) atoms. The summed E-state index contributed by atoms with van der Waals surface area (Å²) < 4.78 is 43.6. The van der Waals surface area contributed by atoms with Crippen LogP contribution in [-0.4, -0.2) is 12.0 Å². The van der Waals surface area contributed by atoms with Crippen LogP contribution in [0.3, 0.4) is 0 Å². The lowest BCUT2D eigenvalue weighted by Crippen LogP contribution is -2.10. The van der Waals surface area contributed by atoms with Crippen LogP contribution >= 0.6 is 0 Å². The molecular weight excluding hydrogens is 269 g/mol. The number of rotatable bonds is 4. The van der Waals surface area contributed by atoms with Gasteiger partial charge in [-0.15, -0.1) is 0 Å². The van der Waals surface area contributed by atoms with Crippen molar-refractivity contribution in [3.63, 3.8) is 0 Å². The summed E-state index contributed by atoms with van der Waals surface area (Å²) in [5.74, 6) is -0.411. The van der Waals surface area contributed by atoms with Crippen molar-refractivity contribution in [2.75, 3.05) is 12.4 Å². The van der Waals surface area contributed by atoms with E-state index in [-0.39, 0.29) is 6.61 Å². The van der Waals surface area contributed by atoms with Crippen LogP contribution in [0.5, 0.6) is 5.88 Å². The Labute approximate surface area is 114 Å². The number of hydrogen-bond donors (Lipinski definition) is 1. The standard InChI is InChI=1S/C14H13F3N2O/c1-18-12-7-3-2-5-10(12)9-20-13-11(14(15,16)17)6-4-8-19-13/h2-8,18H,9H2,1H3. The van der Waals surface area contributed by atoms with E-state index < -0.39 is 17.6 Å². The van der Waals surface area contributed by atoms with Gasteiger partial charge in [-0.1, -0.05) is 18.2 Å². The second-order valence-corrected chi connectivity index (χ2v) is 4.05. The fraction of sp³-hybridized carbons (Fsp3) is 0.214. The summed E-state index contributed by atoms with van der Waals surface area (Å²) in [4.78, 5) is 3.65. The predicted molar refractivity (Wildman–Crippen MR) is 69.6 cm³/mol. The number of anilines is 1. The third-order valence-corrected chi connectivity index (χ3v) is 2.73. The maximum atomic E-state index is 12.8. The average molecular weight is 282 g/mol. The molecule has 0 fully saturated rings. The maximum Gasteiger partial charge on any atom is 0.421 e. The van der Waals surface area contributed by atoms with Crippen LogP contribution < -0.4 is 10.1 Å². The Bertz CT molecular complexity index is 585. The molecule has 106 valence electrons. The van der Waals surface area contributed by atoms with Gasteiger partial charge < -0.3 is 10.1 Å². The van der Waals surface area contributed by atoms with Gasteiger partial charge in [0, 0.05) is 24.5 Å². The molecule has 0 saturated heterocycles. The van der Waals surface area contributed by atoms with Crippen molar-refractivity contribution in [1.82, 2.24) is 4.98 Å². The van der Waals surface area contributed by atoms with Gasteiger partial charge >= 0.3 is 6.18 Å². The Morgan fingerprint density at radius 2 is 1.90 bits per heavy atom. The second-order valence-electron chi connectivity index (χ2n) is 4.05. The van der Waals surface area contributed by atoms with Crippen molar-refractivity contribution in [1.29, 1.82) is 0 Å². The molecule has 0 radical (unpaired) electrons. The van der Waals surface area contributed by atoms with Crippen LogP contribution in [0.4, 0.5) is 18.9 Å². The molecule has 3 nitrogen and oxygen atoms in total. The quantitative estimate of drug-likeness (QED) is 0.928. The fourth-order valence-corrected chi connectivity index (χ4v) is 1.76. The number of nitrogens with zero attached hydrogens (tertiary/aromatic N) is 1. The molecule has 1 aromatic carbocycles. The molecule has 0 spiro atoms. The Kier molecular flexibility index (Phi) is 4.12. The van der Waals surface area contributed by atoms with E-state index in [4.69, 9.17) is 4.74 Å². The fourth-order valence-electron chi connectivity index (χ4n) is 1.76. The summed E-state index contributed by atoms with van der Waals surface area (Å²) >= 11 is 0. The van der Waals surface area contributed by atoms with Gasteiger partial charge in [0.15, 0.2) is 0 Å². The number of benzene rings is 1. The monoisotopic (exact) mass is 282 g/mol. The van der Waals surface area contributed by atoms with Gasteiger partial charge in [0.1, 0.15) is 12.2 Å². The van der Waals surface area contributed by atoms with Crippen molar-refractivity contribution in [2.24, 2.45) is 0 Å². The summed E-state index contributed by atoms with van der Waals surface area (Å²) in [6.45, 7) is 0.0110. The maximum absolute atomic E-state index is 12.8. The van der Waals surface area contributed by atoms with E-state index >= 15 is 0 Å². The number of hydrogen-bond acceptors (Lipinski definition) is 3. The highest BCUT2D eigenvalue weighted by atomic mass is 19.4. The Hall–Kier alpha value is -2.24. The highest BCUT2D eigenvalue weighted by Crippen LogP contribution is 2.35. The first-order valence-electron chi connectivity index (χ1n) is 5.93. The van der Waals surface area contributed by atoms with Gasteiger partial charge in [-0.2, -0.15) is 13.2 Å². The molecule has 1 aromatic heterocycles. The number of para-hydroxylation sites is 1. The number of halogens is 3. The normalized spacial score (nSPS) is 11.2. The highest BCUT2D eigenvalue weighted by molar-refractivity contribution is 5.50. The largest absolute Gasteiger partial charge is 0.472 e. The van der Waals surface area contributed by atoms with E-state index in [1.54, 1.807) is 19.2 Å². The SMILES string of the molecule is CNc1ccccc1COc1ncccc1C(F)(F)F. The Morgan fingerprint density at radius 3 is 2.60 bits per heavy atom. The zero-order valence-corrected chi connectivity index (χ0v) is 10.7. The molecule has 0 atom stereocenters. The molecule has 0 aliphatic rings. The van der Waals surface area contributed by atoms with Gasteiger partial charge in [0.2, 0.25) is 5.88 Å². The van der Waals surface area contributed by atoms with E-state index in [9.17, 15) is 13.2 Å². The Morgan fingerprint density at radius 1 is 1.15 bits per heavy atom. The van der Waals surface area contributed by atoms with Crippen LogP contribution in [-0.2, 0) is 12.8 Å². The zero-order chi connectivity index (χ0) is 14.6. The lowest BCUT2D eigenvalue weighted by molar-refractivity contribution is -0.139. The summed E-state index contributed by atoms with van der Waals surface area (Å²) in [5, 5.41) is 2.95. The van der Waals surface area contributed by atoms with Crippen molar-refractivity contribution in [2.45, 2.75) is 12.8 Å².